The number of amides is 1. The molecule has 4 nitrogen and oxygen atoms in total. The van der Waals surface area contributed by atoms with E-state index in [4.69, 9.17) is 4.74 Å². The van der Waals surface area contributed by atoms with Gasteiger partial charge in [0, 0.05) is 19.1 Å². The number of hydrogen-bond acceptors (Lipinski definition) is 3. The maximum Gasteiger partial charge on any atom is 0.410 e. The van der Waals surface area contributed by atoms with Crippen LogP contribution in [0.3, 0.4) is 0 Å². The molecular formula is C17H32N2O2. The van der Waals surface area contributed by atoms with Crippen molar-refractivity contribution in [3.63, 3.8) is 0 Å². The number of nitrogens with zero attached hydrogens (tertiary/aromatic N) is 1. The lowest BCUT2D eigenvalue weighted by atomic mass is 10.00. The first kappa shape index (κ1) is 16.6. The van der Waals surface area contributed by atoms with Crippen LogP contribution < -0.4 is 5.32 Å². The van der Waals surface area contributed by atoms with Crippen molar-refractivity contribution >= 4 is 6.09 Å². The summed E-state index contributed by atoms with van der Waals surface area (Å²) in [6, 6.07) is 0.700. The molecule has 0 aromatic rings. The zero-order chi connectivity index (χ0) is 15.5. The number of hydrogen-bond donors (Lipinski definition) is 1. The molecule has 1 heterocycles. The van der Waals surface area contributed by atoms with Gasteiger partial charge in [-0.15, -0.1) is 0 Å². The highest BCUT2D eigenvalue weighted by molar-refractivity contribution is 5.68. The highest BCUT2D eigenvalue weighted by Gasteiger charge is 2.31. The van der Waals surface area contributed by atoms with Gasteiger partial charge in [0.2, 0.25) is 0 Å². The zero-order valence-corrected chi connectivity index (χ0v) is 14.2. The summed E-state index contributed by atoms with van der Waals surface area (Å²) in [6.45, 7) is 10.8. The van der Waals surface area contributed by atoms with Gasteiger partial charge in [0.15, 0.2) is 0 Å². The number of carbonyl (C=O) groups is 1. The second-order valence-electron chi connectivity index (χ2n) is 7.70. The van der Waals surface area contributed by atoms with Gasteiger partial charge in [0.05, 0.1) is 0 Å². The fourth-order valence-corrected chi connectivity index (χ4v) is 3.60. The Bertz CT molecular complexity index is 351. The van der Waals surface area contributed by atoms with Crippen LogP contribution >= 0.6 is 0 Å². The van der Waals surface area contributed by atoms with E-state index >= 15 is 0 Å². The minimum Gasteiger partial charge on any atom is -0.444 e. The van der Waals surface area contributed by atoms with Gasteiger partial charge >= 0.3 is 6.09 Å². The Kier molecular flexibility index (Phi) is 5.53. The van der Waals surface area contributed by atoms with Crippen molar-refractivity contribution in [3.8, 4) is 0 Å². The molecule has 1 aliphatic heterocycles. The van der Waals surface area contributed by atoms with Gasteiger partial charge in [-0.05, 0) is 58.4 Å². The third-order valence-corrected chi connectivity index (χ3v) is 4.79. The minimum atomic E-state index is -0.397. The third kappa shape index (κ3) is 4.87. The molecule has 3 atom stereocenters. The number of carbonyl (C=O) groups excluding carboxylic acids is 1. The van der Waals surface area contributed by atoms with Crippen molar-refractivity contribution in [2.75, 3.05) is 19.6 Å². The molecule has 2 rings (SSSR count). The van der Waals surface area contributed by atoms with Crippen molar-refractivity contribution in [2.45, 2.75) is 71.4 Å². The lowest BCUT2D eigenvalue weighted by Gasteiger charge is -2.25. The van der Waals surface area contributed by atoms with Gasteiger partial charge < -0.3 is 15.0 Å². The van der Waals surface area contributed by atoms with Gasteiger partial charge in [-0.3, -0.25) is 0 Å². The van der Waals surface area contributed by atoms with Crippen molar-refractivity contribution in [1.29, 1.82) is 0 Å². The van der Waals surface area contributed by atoms with E-state index in [9.17, 15) is 4.79 Å². The molecule has 0 aromatic carbocycles. The molecule has 1 amide bonds. The summed E-state index contributed by atoms with van der Waals surface area (Å²) in [5.41, 5.74) is -0.397. The van der Waals surface area contributed by atoms with Gasteiger partial charge in [-0.2, -0.15) is 0 Å². The smallest absolute Gasteiger partial charge is 0.410 e. The Morgan fingerprint density at radius 1 is 1.29 bits per heavy atom. The molecule has 1 saturated heterocycles. The Labute approximate surface area is 129 Å². The van der Waals surface area contributed by atoms with E-state index in [0.717, 1.165) is 32.0 Å². The molecule has 21 heavy (non-hydrogen) atoms. The standard InChI is InChI=1S/C17H32N2O2/c1-5-14-7-6-8-15(14)18-11-13-9-10-19(12-13)16(20)21-17(2,3)4/h13-15,18H,5-12H2,1-4H3. The van der Waals surface area contributed by atoms with Crippen molar-refractivity contribution in [3.05, 3.63) is 0 Å². The van der Waals surface area contributed by atoms with Gasteiger partial charge in [-0.1, -0.05) is 19.8 Å². The van der Waals surface area contributed by atoms with E-state index in [1.807, 2.05) is 25.7 Å². The Hall–Kier alpha value is -0.770. The molecular weight excluding hydrogens is 264 g/mol. The van der Waals surface area contributed by atoms with E-state index in [-0.39, 0.29) is 6.09 Å². The quantitative estimate of drug-likeness (QED) is 0.864. The summed E-state index contributed by atoms with van der Waals surface area (Å²) in [6.07, 6.45) is 6.29. The van der Waals surface area contributed by atoms with E-state index < -0.39 is 5.60 Å². The molecule has 1 aliphatic carbocycles. The predicted octanol–water partition coefficient (Wildman–Crippen LogP) is 3.41. The topological polar surface area (TPSA) is 41.6 Å². The summed E-state index contributed by atoms with van der Waals surface area (Å²) in [7, 11) is 0. The maximum absolute atomic E-state index is 12.0. The van der Waals surface area contributed by atoms with E-state index in [1.165, 1.54) is 25.7 Å². The zero-order valence-electron chi connectivity index (χ0n) is 14.2. The molecule has 122 valence electrons. The summed E-state index contributed by atoms with van der Waals surface area (Å²) in [5.74, 6) is 1.43. The maximum atomic E-state index is 12.0. The first-order chi connectivity index (χ1) is 9.89. The summed E-state index contributed by atoms with van der Waals surface area (Å²) in [4.78, 5) is 13.9. The van der Waals surface area contributed by atoms with Crippen LogP contribution in [0.5, 0.6) is 0 Å². The summed E-state index contributed by atoms with van der Waals surface area (Å²) < 4.78 is 5.45. The molecule has 1 N–H and O–H groups in total. The molecule has 0 aromatic heterocycles. The van der Waals surface area contributed by atoms with Crippen LogP contribution in [0.15, 0.2) is 0 Å². The van der Waals surface area contributed by atoms with Crippen molar-refractivity contribution < 1.29 is 9.53 Å². The van der Waals surface area contributed by atoms with Gasteiger partial charge in [-0.25, -0.2) is 4.79 Å². The van der Waals surface area contributed by atoms with Crippen LogP contribution in [0.2, 0.25) is 0 Å². The monoisotopic (exact) mass is 296 g/mol. The van der Waals surface area contributed by atoms with E-state index in [0.29, 0.717) is 12.0 Å². The largest absolute Gasteiger partial charge is 0.444 e. The summed E-state index contributed by atoms with van der Waals surface area (Å²) in [5, 5.41) is 3.75. The van der Waals surface area contributed by atoms with E-state index in [2.05, 4.69) is 12.2 Å². The average Bonchev–Trinajstić information content (AvgIpc) is 3.03. The highest BCUT2D eigenvalue weighted by atomic mass is 16.6. The Morgan fingerprint density at radius 2 is 2.05 bits per heavy atom. The third-order valence-electron chi connectivity index (χ3n) is 4.79. The average molecular weight is 296 g/mol. The molecule has 1 saturated carbocycles. The molecule has 3 unspecified atom stereocenters. The number of nitrogens with one attached hydrogen (secondary N) is 1. The first-order valence-electron chi connectivity index (χ1n) is 8.60. The summed E-state index contributed by atoms with van der Waals surface area (Å²) >= 11 is 0. The molecule has 2 aliphatic rings. The van der Waals surface area contributed by atoms with Crippen LogP contribution in [0.25, 0.3) is 0 Å². The normalized spacial score (nSPS) is 29.9. The minimum absolute atomic E-state index is 0.155. The molecule has 0 spiro atoms. The lowest BCUT2D eigenvalue weighted by Crippen LogP contribution is -2.38. The second kappa shape index (κ2) is 6.99. The van der Waals surface area contributed by atoms with Crippen LogP contribution in [0.4, 0.5) is 4.79 Å². The van der Waals surface area contributed by atoms with Crippen LogP contribution in [-0.2, 0) is 4.74 Å². The van der Waals surface area contributed by atoms with Gasteiger partial charge in [0.1, 0.15) is 5.60 Å². The van der Waals surface area contributed by atoms with Crippen LogP contribution in [0, 0.1) is 11.8 Å². The Morgan fingerprint density at radius 3 is 2.71 bits per heavy atom. The molecule has 0 bridgehead atoms. The fourth-order valence-electron chi connectivity index (χ4n) is 3.60. The predicted molar refractivity (Wildman–Crippen MR) is 85.3 cm³/mol. The molecule has 2 fully saturated rings. The highest BCUT2D eigenvalue weighted by Crippen LogP contribution is 2.28. The number of likely N-dealkylation sites (tertiary alicyclic amines) is 1. The number of rotatable bonds is 4. The number of ether oxygens (including phenoxy) is 1. The fraction of sp³-hybridized carbons (Fsp3) is 0.941. The lowest BCUT2D eigenvalue weighted by molar-refractivity contribution is 0.0288. The van der Waals surface area contributed by atoms with Gasteiger partial charge in [0.25, 0.3) is 0 Å². The molecule has 4 heteroatoms. The molecule has 0 radical (unpaired) electrons. The first-order valence-corrected chi connectivity index (χ1v) is 8.60. The van der Waals surface area contributed by atoms with Crippen molar-refractivity contribution in [1.82, 2.24) is 10.2 Å². The second-order valence-corrected chi connectivity index (χ2v) is 7.70. The SMILES string of the molecule is CCC1CCCC1NCC1CCN(C(=O)OC(C)(C)C)C1. The Balaban J connectivity index is 1.71. The van der Waals surface area contributed by atoms with Crippen LogP contribution in [-0.4, -0.2) is 42.3 Å². The van der Waals surface area contributed by atoms with Crippen molar-refractivity contribution in [2.24, 2.45) is 11.8 Å². The van der Waals surface area contributed by atoms with E-state index in [1.54, 1.807) is 0 Å². The van der Waals surface area contributed by atoms with Crippen LogP contribution in [0.1, 0.15) is 59.8 Å².